The van der Waals surface area contributed by atoms with Gasteiger partial charge in [-0.2, -0.15) is 0 Å². The van der Waals surface area contributed by atoms with Crippen LogP contribution < -0.4 is 10.6 Å². The molecule has 4 heterocycles. The van der Waals surface area contributed by atoms with Crippen molar-refractivity contribution in [1.82, 2.24) is 30.5 Å². The number of amides is 3. The molecule has 0 radical (unpaired) electrons. The molecule has 0 saturated carbocycles. The molecule has 3 aromatic rings. The first-order chi connectivity index (χ1) is 18.0. The highest BCUT2D eigenvalue weighted by Gasteiger charge is 2.74. The van der Waals surface area contributed by atoms with Crippen LogP contribution in [0.15, 0.2) is 54.6 Å². The number of carbonyl (C=O) groups excluding carboxylic acids is 3. The summed E-state index contributed by atoms with van der Waals surface area (Å²) in [6.45, 7) is 0.0727. The fourth-order valence-corrected chi connectivity index (χ4v) is 6.29. The molecule has 11 nitrogen and oxygen atoms in total. The van der Waals surface area contributed by atoms with Crippen molar-refractivity contribution >= 4 is 28.8 Å². The number of fused-ring (bicyclic) bond motifs is 2. The Hall–Kier alpha value is -3.83. The van der Waals surface area contributed by atoms with Gasteiger partial charge in [0.25, 0.3) is 0 Å². The van der Waals surface area contributed by atoms with Crippen LogP contribution in [-0.4, -0.2) is 73.6 Å². The van der Waals surface area contributed by atoms with Crippen molar-refractivity contribution in [3.8, 4) is 0 Å². The molecular formula is C26H28N6O5. The van der Waals surface area contributed by atoms with E-state index in [4.69, 9.17) is 4.74 Å². The zero-order valence-electron chi connectivity index (χ0n) is 20.1. The average molecular weight is 505 g/mol. The molecule has 3 amide bonds. The summed E-state index contributed by atoms with van der Waals surface area (Å²) in [5.41, 5.74) is 1.31. The summed E-state index contributed by atoms with van der Waals surface area (Å²) in [5.74, 6) is -2.47. The fourth-order valence-electron chi connectivity index (χ4n) is 6.29. The quantitative estimate of drug-likeness (QED) is 0.398. The highest BCUT2D eigenvalue weighted by atomic mass is 16.5. The summed E-state index contributed by atoms with van der Waals surface area (Å²) in [7, 11) is 0. The summed E-state index contributed by atoms with van der Waals surface area (Å²) in [6.07, 6.45) is 0.635. The number of ether oxygens (including phenoxy) is 1. The molecular weight excluding hydrogens is 476 g/mol. The van der Waals surface area contributed by atoms with E-state index in [1.807, 2.05) is 54.6 Å². The number of benzene rings is 2. The van der Waals surface area contributed by atoms with Crippen molar-refractivity contribution in [1.29, 1.82) is 0 Å². The lowest BCUT2D eigenvalue weighted by atomic mass is 9.70. The number of aliphatic hydroxyl groups excluding tert-OH is 1. The normalized spacial score (nSPS) is 28.0. The Bertz CT molecular complexity index is 1350. The second-order valence-electron chi connectivity index (χ2n) is 9.79. The van der Waals surface area contributed by atoms with Gasteiger partial charge < -0.3 is 25.4 Å². The van der Waals surface area contributed by atoms with Gasteiger partial charge in [0.05, 0.1) is 30.1 Å². The number of aromatic nitrogens is 3. The van der Waals surface area contributed by atoms with Gasteiger partial charge >= 0.3 is 0 Å². The van der Waals surface area contributed by atoms with Crippen molar-refractivity contribution in [2.45, 2.75) is 43.8 Å². The number of carbonyl (C=O) groups is 3. The third-order valence-corrected chi connectivity index (χ3v) is 7.82. The van der Waals surface area contributed by atoms with Crippen molar-refractivity contribution < 1.29 is 24.2 Å². The highest BCUT2D eigenvalue weighted by molar-refractivity contribution is 5.98. The van der Waals surface area contributed by atoms with Crippen LogP contribution >= 0.6 is 0 Å². The molecule has 3 aliphatic heterocycles. The van der Waals surface area contributed by atoms with E-state index in [2.05, 4.69) is 20.9 Å². The maximum absolute atomic E-state index is 13.6. The minimum absolute atomic E-state index is 0.0200. The van der Waals surface area contributed by atoms with Gasteiger partial charge in [0.15, 0.2) is 0 Å². The van der Waals surface area contributed by atoms with E-state index in [0.717, 1.165) is 11.1 Å². The molecule has 3 saturated heterocycles. The summed E-state index contributed by atoms with van der Waals surface area (Å²) >= 11 is 0. The van der Waals surface area contributed by atoms with Gasteiger partial charge in [-0.3, -0.25) is 14.4 Å². The van der Waals surface area contributed by atoms with Crippen LogP contribution in [-0.2, 0) is 32.3 Å². The molecule has 37 heavy (non-hydrogen) atoms. The van der Waals surface area contributed by atoms with Crippen LogP contribution in [0.3, 0.4) is 0 Å². The predicted molar refractivity (Wildman–Crippen MR) is 130 cm³/mol. The van der Waals surface area contributed by atoms with E-state index in [-0.39, 0.29) is 31.6 Å². The number of hydrogen-bond donors (Lipinski definition) is 3. The molecule has 3 aliphatic rings. The Labute approximate surface area is 212 Å². The SMILES string of the molecule is O=C(NCn1nnc2ccccc21)C1N(CCO)C(=O)[C@@H]2[C@@H](C(=O)NCc3ccccc3)[C@H]3CCC12O3. The molecule has 192 valence electrons. The molecule has 6 rings (SSSR count). The van der Waals surface area contributed by atoms with Crippen molar-refractivity contribution in [2.75, 3.05) is 13.2 Å². The number of likely N-dealkylation sites (tertiary alicyclic amines) is 1. The number of β-amino-alcohol motifs (C(OH)–C–C–N with tert-alkyl or cyclic N) is 1. The molecule has 0 aliphatic carbocycles. The van der Waals surface area contributed by atoms with Gasteiger partial charge in [-0.05, 0) is 30.5 Å². The standard InChI is InChI=1S/C26H28N6O5/c33-13-12-31-22(24(35)28-15-32-18-9-5-4-8-17(18)29-30-32)26-11-10-19(37-26)20(21(26)25(31)36)23(34)27-14-16-6-2-1-3-7-16/h1-9,19-22,33H,10-15H2,(H,27,34)(H,28,35)/t19-,20+,21+,22?,26?/m1/s1. The molecule has 2 aromatic carbocycles. The third kappa shape index (κ3) is 3.77. The molecule has 2 bridgehead atoms. The monoisotopic (exact) mass is 504 g/mol. The Morgan fingerprint density at radius 2 is 1.86 bits per heavy atom. The summed E-state index contributed by atoms with van der Waals surface area (Å²) in [5, 5.41) is 23.7. The van der Waals surface area contributed by atoms with Crippen molar-refractivity contribution in [2.24, 2.45) is 11.8 Å². The zero-order chi connectivity index (χ0) is 25.6. The first-order valence-electron chi connectivity index (χ1n) is 12.5. The Morgan fingerprint density at radius 3 is 2.68 bits per heavy atom. The molecule has 11 heteroatoms. The Balaban J connectivity index is 1.23. The van der Waals surface area contributed by atoms with E-state index in [1.54, 1.807) is 4.68 Å². The number of nitrogens with zero attached hydrogens (tertiary/aromatic N) is 4. The lowest BCUT2D eigenvalue weighted by molar-refractivity contribution is -0.142. The van der Waals surface area contributed by atoms with Gasteiger partial charge in [0.1, 0.15) is 23.8 Å². The van der Waals surface area contributed by atoms with Crippen LogP contribution in [0.2, 0.25) is 0 Å². The minimum atomic E-state index is -1.11. The zero-order valence-corrected chi connectivity index (χ0v) is 20.1. The van der Waals surface area contributed by atoms with Gasteiger partial charge in [0.2, 0.25) is 17.7 Å². The van der Waals surface area contributed by atoms with Crippen LogP contribution in [0.4, 0.5) is 0 Å². The van der Waals surface area contributed by atoms with E-state index >= 15 is 0 Å². The Morgan fingerprint density at radius 1 is 1.08 bits per heavy atom. The maximum Gasteiger partial charge on any atom is 0.247 e. The lowest BCUT2D eigenvalue weighted by Crippen LogP contribution is -2.55. The molecule has 3 N–H and O–H groups in total. The van der Waals surface area contributed by atoms with Crippen LogP contribution in [0.25, 0.3) is 11.0 Å². The first kappa shape index (κ1) is 23.6. The van der Waals surface area contributed by atoms with Gasteiger partial charge in [0, 0.05) is 13.1 Å². The Kier molecular flexibility index (Phi) is 5.88. The summed E-state index contributed by atoms with van der Waals surface area (Å²) in [6, 6.07) is 16.0. The second kappa shape index (κ2) is 9.24. The maximum atomic E-state index is 13.6. The smallest absolute Gasteiger partial charge is 0.247 e. The van der Waals surface area contributed by atoms with E-state index < -0.39 is 35.5 Å². The third-order valence-electron chi connectivity index (χ3n) is 7.82. The largest absolute Gasteiger partial charge is 0.395 e. The number of aliphatic hydroxyl groups is 1. The van der Waals surface area contributed by atoms with Crippen LogP contribution in [0, 0.1) is 11.8 Å². The van der Waals surface area contributed by atoms with Gasteiger partial charge in [-0.25, -0.2) is 4.68 Å². The van der Waals surface area contributed by atoms with E-state index in [0.29, 0.717) is 24.9 Å². The molecule has 5 atom stereocenters. The van der Waals surface area contributed by atoms with Crippen LogP contribution in [0.1, 0.15) is 18.4 Å². The lowest BCUT2D eigenvalue weighted by Gasteiger charge is -2.33. The average Bonchev–Trinajstić information content (AvgIpc) is 3.66. The number of para-hydroxylation sites is 1. The molecule has 1 spiro atoms. The van der Waals surface area contributed by atoms with Crippen molar-refractivity contribution in [3.05, 3.63) is 60.2 Å². The highest BCUT2D eigenvalue weighted by Crippen LogP contribution is 2.58. The predicted octanol–water partition coefficient (Wildman–Crippen LogP) is 0.188. The van der Waals surface area contributed by atoms with Gasteiger partial charge in [-0.15, -0.1) is 5.10 Å². The summed E-state index contributed by atoms with van der Waals surface area (Å²) in [4.78, 5) is 41.9. The van der Waals surface area contributed by atoms with Gasteiger partial charge in [-0.1, -0.05) is 47.7 Å². The van der Waals surface area contributed by atoms with Crippen LogP contribution in [0.5, 0.6) is 0 Å². The van der Waals surface area contributed by atoms with Crippen molar-refractivity contribution in [3.63, 3.8) is 0 Å². The van der Waals surface area contributed by atoms with E-state index in [1.165, 1.54) is 4.90 Å². The second-order valence-corrected chi connectivity index (χ2v) is 9.79. The molecule has 3 fully saturated rings. The minimum Gasteiger partial charge on any atom is -0.395 e. The fraction of sp³-hybridized carbons (Fsp3) is 0.423. The first-order valence-corrected chi connectivity index (χ1v) is 12.5. The topological polar surface area (TPSA) is 139 Å². The molecule has 2 unspecified atom stereocenters. The number of hydrogen-bond acceptors (Lipinski definition) is 7. The molecule has 1 aromatic heterocycles. The van der Waals surface area contributed by atoms with E-state index in [9.17, 15) is 19.5 Å². The summed E-state index contributed by atoms with van der Waals surface area (Å²) < 4.78 is 7.93. The number of nitrogens with one attached hydrogen (secondary N) is 2. The number of rotatable bonds is 8.